The number of methoxy groups -OCH3 is 1. The predicted octanol–water partition coefficient (Wildman–Crippen LogP) is 3.58. The topological polar surface area (TPSA) is 68.4 Å². The first-order valence-corrected chi connectivity index (χ1v) is 7.53. The highest BCUT2D eigenvalue weighted by molar-refractivity contribution is 9.10. The molecule has 122 valence electrons. The maximum atomic E-state index is 13.0. The number of ether oxygens (including phenoxy) is 2. The number of benzene rings is 1. The van der Waals surface area contributed by atoms with Crippen molar-refractivity contribution in [3.63, 3.8) is 0 Å². The van der Waals surface area contributed by atoms with Crippen LogP contribution in [-0.4, -0.2) is 30.5 Å². The highest BCUT2D eigenvalue weighted by Crippen LogP contribution is 2.26. The van der Waals surface area contributed by atoms with E-state index in [9.17, 15) is 14.0 Å². The van der Waals surface area contributed by atoms with Crippen LogP contribution in [0.25, 0.3) is 0 Å². The predicted molar refractivity (Wildman–Crippen MR) is 85.5 cm³/mol. The van der Waals surface area contributed by atoms with E-state index in [0.717, 1.165) is 0 Å². The van der Waals surface area contributed by atoms with Gasteiger partial charge in [-0.1, -0.05) is 0 Å². The van der Waals surface area contributed by atoms with Crippen LogP contribution >= 0.6 is 15.9 Å². The molecule has 1 N–H and O–H groups in total. The molecular formula is C16H15BrFNO4. The summed E-state index contributed by atoms with van der Waals surface area (Å²) in [6, 6.07) is 3.92. The second-order valence-corrected chi connectivity index (χ2v) is 5.76. The smallest absolute Gasteiger partial charge is 0.339 e. The molecular weight excluding hydrogens is 369 g/mol. The number of esters is 1. The van der Waals surface area contributed by atoms with Crippen molar-refractivity contribution in [1.82, 2.24) is 4.98 Å². The molecule has 0 atom stereocenters. The van der Waals surface area contributed by atoms with E-state index in [1.165, 1.54) is 25.3 Å². The summed E-state index contributed by atoms with van der Waals surface area (Å²) in [6.45, 7) is 3.11. The van der Waals surface area contributed by atoms with Gasteiger partial charge >= 0.3 is 5.97 Å². The summed E-state index contributed by atoms with van der Waals surface area (Å²) in [5, 5.41) is 0. The van der Waals surface area contributed by atoms with Crippen molar-refractivity contribution < 1.29 is 23.5 Å². The van der Waals surface area contributed by atoms with Gasteiger partial charge in [-0.2, -0.15) is 0 Å². The molecule has 0 unspecified atom stereocenters. The molecule has 0 amide bonds. The first kappa shape index (κ1) is 17.2. The number of H-pyrrole nitrogens is 1. The molecule has 0 saturated heterocycles. The third-order valence-corrected chi connectivity index (χ3v) is 3.98. The van der Waals surface area contributed by atoms with Gasteiger partial charge in [0.1, 0.15) is 11.6 Å². The Morgan fingerprint density at radius 3 is 2.61 bits per heavy atom. The fraction of sp³-hybridized carbons (Fsp3) is 0.250. The average Bonchev–Trinajstić information content (AvgIpc) is 2.80. The largest absolute Gasteiger partial charge is 0.484 e. The zero-order valence-corrected chi connectivity index (χ0v) is 14.4. The normalized spacial score (nSPS) is 10.5. The van der Waals surface area contributed by atoms with Gasteiger partial charge in [-0.05, 0) is 53.5 Å². The molecule has 1 heterocycles. The quantitative estimate of drug-likeness (QED) is 0.632. The summed E-state index contributed by atoms with van der Waals surface area (Å²) in [7, 11) is 1.28. The van der Waals surface area contributed by atoms with Gasteiger partial charge in [0.05, 0.1) is 22.8 Å². The van der Waals surface area contributed by atoms with Crippen molar-refractivity contribution in [1.29, 1.82) is 0 Å². The number of aryl methyl sites for hydroxylation is 1. The molecule has 5 nitrogen and oxygen atoms in total. The Labute approximate surface area is 140 Å². The van der Waals surface area contributed by atoms with E-state index in [1.807, 2.05) is 0 Å². The van der Waals surface area contributed by atoms with Crippen LogP contribution in [-0.2, 0) is 4.74 Å². The molecule has 0 aliphatic heterocycles. The highest BCUT2D eigenvalue weighted by Gasteiger charge is 2.22. The molecule has 0 aliphatic carbocycles. The number of hydrogen-bond donors (Lipinski definition) is 1. The zero-order chi connectivity index (χ0) is 17.1. The third-order valence-electron chi connectivity index (χ3n) is 3.36. The number of aromatic amines is 1. The molecule has 7 heteroatoms. The maximum absolute atomic E-state index is 13.0. The SMILES string of the molecule is COC(=O)c1c(C)[nH]c(C(=O)COc2ccc(F)cc2Br)c1C. The number of hydrogen-bond acceptors (Lipinski definition) is 4. The number of rotatable bonds is 5. The van der Waals surface area contributed by atoms with E-state index in [1.54, 1.807) is 13.8 Å². The van der Waals surface area contributed by atoms with Crippen LogP contribution in [0.2, 0.25) is 0 Å². The fourth-order valence-corrected chi connectivity index (χ4v) is 2.71. The first-order chi connectivity index (χ1) is 10.8. The number of Topliss-reactive ketones (excluding diaryl/α,β-unsaturated/α-hetero) is 1. The van der Waals surface area contributed by atoms with E-state index in [2.05, 4.69) is 20.9 Å². The van der Waals surface area contributed by atoms with Crippen LogP contribution in [0.3, 0.4) is 0 Å². The number of halogens is 2. The maximum Gasteiger partial charge on any atom is 0.339 e. The minimum absolute atomic E-state index is 0.244. The summed E-state index contributed by atoms with van der Waals surface area (Å²) in [6.07, 6.45) is 0. The zero-order valence-electron chi connectivity index (χ0n) is 12.8. The number of ketones is 1. The lowest BCUT2D eigenvalue weighted by atomic mass is 10.1. The van der Waals surface area contributed by atoms with Crippen molar-refractivity contribution in [3.05, 3.63) is 51.0 Å². The van der Waals surface area contributed by atoms with Crippen molar-refractivity contribution in [3.8, 4) is 5.75 Å². The van der Waals surface area contributed by atoms with Crippen LogP contribution in [0.4, 0.5) is 4.39 Å². The highest BCUT2D eigenvalue weighted by atomic mass is 79.9. The van der Waals surface area contributed by atoms with Crippen molar-refractivity contribution in [2.75, 3.05) is 13.7 Å². The van der Waals surface area contributed by atoms with E-state index in [0.29, 0.717) is 32.7 Å². The van der Waals surface area contributed by atoms with Crippen LogP contribution < -0.4 is 4.74 Å². The first-order valence-electron chi connectivity index (χ1n) is 6.73. The lowest BCUT2D eigenvalue weighted by molar-refractivity contribution is 0.0599. The van der Waals surface area contributed by atoms with E-state index in [-0.39, 0.29) is 12.4 Å². The average molecular weight is 384 g/mol. The molecule has 1 aromatic heterocycles. The Morgan fingerprint density at radius 1 is 1.30 bits per heavy atom. The molecule has 23 heavy (non-hydrogen) atoms. The van der Waals surface area contributed by atoms with Crippen LogP contribution in [0.5, 0.6) is 5.75 Å². The molecule has 0 saturated carbocycles. The van der Waals surface area contributed by atoms with Crippen molar-refractivity contribution in [2.24, 2.45) is 0 Å². The number of nitrogens with one attached hydrogen (secondary N) is 1. The minimum atomic E-state index is -0.502. The summed E-state index contributed by atoms with van der Waals surface area (Å²) in [4.78, 5) is 26.9. The van der Waals surface area contributed by atoms with Gasteiger partial charge in [-0.25, -0.2) is 9.18 Å². The molecule has 1 aromatic carbocycles. The summed E-state index contributed by atoms with van der Waals surface area (Å²) in [5.41, 5.74) is 1.71. The van der Waals surface area contributed by atoms with E-state index in [4.69, 9.17) is 9.47 Å². The second kappa shape index (κ2) is 6.95. The van der Waals surface area contributed by atoms with Crippen LogP contribution in [0.15, 0.2) is 22.7 Å². The van der Waals surface area contributed by atoms with Gasteiger partial charge in [0.25, 0.3) is 0 Å². The molecule has 0 bridgehead atoms. The van der Waals surface area contributed by atoms with Gasteiger partial charge in [0.15, 0.2) is 6.61 Å². The van der Waals surface area contributed by atoms with Crippen LogP contribution in [0, 0.1) is 19.7 Å². The Bertz CT molecular complexity index is 770. The standard InChI is InChI=1S/C16H15BrFNO4/c1-8-14(16(21)22-3)9(2)19-15(8)12(20)7-23-13-5-4-10(18)6-11(13)17/h4-6,19H,7H2,1-3H3. The van der Waals surface area contributed by atoms with E-state index >= 15 is 0 Å². The number of carbonyl (C=O) groups is 2. The molecule has 0 spiro atoms. The van der Waals surface area contributed by atoms with Gasteiger partial charge in [0.2, 0.25) is 5.78 Å². The molecule has 2 rings (SSSR count). The molecule has 2 aromatic rings. The lowest BCUT2D eigenvalue weighted by Gasteiger charge is -2.07. The summed E-state index contributed by atoms with van der Waals surface area (Å²) in [5.74, 6) is -0.877. The van der Waals surface area contributed by atoms with Gasteiger partial charge in [-0.3, -0.25) is 4.79 Å². The Kier molecular flexibility index (Phi) is 5.20. The number of carbonyl (C=O) groups excluding carboxylic acids is 2. The van der Waals surface area contributed by atoms with Crippen molar-refractivity contribution in [2.45, 2.75) is 13.8 Å². The van der Waals surface area contributed by atoms with Gasteiger partial charge in [-0.15, -0.1) is 0 Å². The van der Waals surface area contributed by atoms with E-state index < -0.39 is 11.8 Å². The van der Waals surface area contributed by atoms with Crippen molar-refractivity contribution >= 4 is 27.7 Å². The third kappa shape index (κ3) is 3.61. The molecule has 0 radical (unpaired) electrons. The Morgan fingerprint density at radius 2 is 2.00 bits per heavy atom. The fourth-order valence-electron chi connectivity index (χ4n) is 2.24. The second-order valence-electron chi connectivity index (χ2n) is 4.90. The number of aromatic nitrogens is 1. The van der Waals surface area contributed by atoms with Crippen LogP contribution in [0.1, 0.15) is 32.1 Å². The monoisotopic (exact) mass is 383 g/mol. The minimum Gasteiger partial charge on any atom is -0.484 e. The molecule has 0 fully saturated rings. The Balaban J connectivity index is 2.17. The van der Waals surface area contributed by atoms with Gasteiger partial charge < -0.3 is 14.5 Å². The summed E-state index contributed by atoms with van der Waals surface area (Å²) < 4.78 is 23.5. The van der Waals surface area contributed by atoms with Gasteiger partial charge in [0, 0.05) is 5.69 Å². The Hall–Kier alpha value is -2.15. The summed E-state index contributed by atoms with van der Waals surface area (Å²) >= 11 is 3.17. The molecule has 0 aliphatic rings. The lowest BCUT2D eigenvalue weighted by Crippen LogP contribution is -2.14.